The van der Waals surface area contributed by atoms with E-state index in [4.69, 9.17) is 15.6 Å². The van der Waals surface area contributed by atoms with Crippen molar-refractivity contribution in [3.8, 4) is 0 Å². The molecule has 0 aliphatic carbocycles. The smallest absolute Gasteiger partial charge is 0.320 e. The lowest BCUT2D eigenvalue weighted by Crippen LogP contribution is -2.52. The molecule has 0 spiro atoms. The Bertz CT molecular complexity index is 367. The van der Waals surface area contributed by atoms with E-state index in [1.54, 1.807) is 0 Å². The van der Waals surface area contributed by atoms with Crippen molar-refractivity contribution in [2.45, 2.75) is 37.6 Å². The number of aliphatic carboxylic acids is 1. The fraction of sp³-hybridized carbons (Fsp3) is 0.615. The van der Waals surface area contributed by atoms with Gasteiger partial charge in [-0.25, -0.2) is 0 Å². The first-order valence-corrected chi connectivity index (χ1v) is 6.29. The zero-order valence-electron chi connectivity index (χ0n) is 10.5. The maximum atomic E-state index is 11.1. The van der Waals surface area contributed by atoms with Crippen LogP contribution in [0, 0.1) is 5.92 Å². The molecule has 5 nitrogen and oxygen atoms in total. The maximum Gasteiger partial charge on any atom is 0.320 e. The molecule has 2 aliphatic heterocycles. The molecule has 1 fully saturated rings. The summed E-state index contributed by atoms with van der Waals surface area (Å²) in [7, 11) is 0. The lowest BCUT2D eigenvalue weighted by atomic mass is 9.91. The highest BCUT2D eigenvalue weighted by Gasteiger charge is 2.41. The predicted molar refractivity (Wildman–Crippen MR) is 68.1 cm³/mol. The van der Waals surface area contributed by atoms with E-state index in [1.807, 2.05) is 31.2 Å². The summed E-state index contributed by atoms with van der Waals surface area (Å²) in [6.07, 6.45) is 8.32. The number of hydrogen-bond acceptors (Lipinski definition) is 4. The SMILES string of the molecule is C/C=C\[C@@H]1C[C@H](C(=O)O)NC1C(N)[C@@H]1C=CCO1. The molecule has 2 unspecified atom stereocenters. The highest BCUT2D eigenvalue weighted by Crippen LogP contribution is 2.26. The average molecular weight is 252 g/mol. The molecule has 0 bridgehead atoms. The van der Waals surface area contributed by atoms with Gasteiger partial charge in [0.25, 0.3) is 0 Å². The largest absolute Gasteiger partial charge is 0.480 e. The number of allylic oxidation sites excluding steroid dienone is 1. The quantitative estimate of drug-likeness (QED) is 0.626. The number of nitrogens with two attached hydrogens (primary N) is 1. The Kier molecular flexibility index (Phi) is 4.16. The van der Waals surface area contributed by atoms with Crippen LogP contribution in [0.3, 0.4) is 0 Å². The summed E-state index contributed by atoms with van der Waals surface area (Å²) < 4.78 is 5.50. The normalized spacial score (nSPS) is 37.4. The Balaban J connectivity index is 2.08. The summed E-state index contributed by atoms with van der Waals surface area (Å²) in [6, 6.07) is -0.808. The first-order chi connectivity index (χ1) is 8.63. The van der Waals surface area contributed by atoms with Gasteiger partial charge in [-0.1, -0.05) is 24.3 Å². The molecule has 2 heterocycles. The predicted octanol–water partition coefficient (Wildman–Crippen LogP) is 0.276. The van der Waals surface area contributed by atoms with Gasteiger partial charge < -0.3 is 15.6 Å². The summed E-state index contributed by atoms with van der Waals surface area (Å²) in [5.41, 5.74) is 6.20. The van der Waals surface area contributed by atoms with Crippen molar-refractivity contribution >= 4 is 5.97 Å². The molecule has 4 N–H and O–H groups in total. The minimum atomic E-state index is -0.818. The Morgan fingerprint density at radius 1 is 1.67 bits per heavy atom. The molecule has 1 saturated heterocycles. The Labute approximate surface area is 107 Å². The summed E-state index contributed by atoms with van der Waals surface area (Å²) in [6.45, 7) is 2.52. The van der Waals surface area contributed by atoms with E-state index in [0.717, 1.165) is 0 Å². The van der Waals surface area contributed by atoms with E-state index in [9.17, 15) is 4.79 Å². The zero-order chi connectivity index (χ0) is 13.1. The van der Waals surface area contributed by atoms with Crippen molar-refractivity contribution < 1.29 is 14.6 Å². The van der Waals surface area contributed by atoms with Crippen molar-refractivity contribution in [1.29, 1.82) is 0 Å². The molecule has 5 atom stereocenters. The molecule has 0 amide bonds. The van der Waals surface area contributed by atoms with Gasteiger partial charge in [0.1, 0.15) is 6.04 Å². The summed E-state index contributed by atoms with van der Waals surface area (Å²) in [4.78, 5) is 11.1. The van der Waals surface area contributed by atoms with Crippen LogP contribution in [0.15, 0.2) is 24.3 Å². The molecule has 0 aromatic carbocycles. The van der Waals surface area contributed by atoms with Gasteiger partial charge in [0.2, 0.25) is 0 Å². The van der Waals surface area contributed by atoms with Gasteiger partial charge in [-0.15, -0.1) is 0 Å². The molecule has 2 aliphatic rings. The number of carbonyl (C=O) groups is 1. The first-order valence-electron chi connectivity index (χ1n) is 6.29. The van der Waals surface area contributed by atoms with Crippen LogP contribution >= 0.6 is 0 Å². The highest BCUT2D eigenvalue weighted by molar-refractivity contribution is 5.74. The number of ether oxygens (including phenoxy) is 1. The number of carboxylic acid groups (broad SMARTS) is 1. The molecular formula is C13H20N2O3. The Hall–Kier alpha value is -1.17. The highest BCUT2D eigenvalue weighted by atomic mass is 16.5. The number of hydrogen-bond donors (Lipinski definition) is 3. The lowest BCUT2D eigenvalue weighted by Gasteiger charge is -2.27. The van der Waals surface area contributed by atoms with E-state index >= 15 is 0 Å². The third kappa shape index (κ3) is 2.63. The van der Waals surface area contributed by atoms with Gasteiger partial charge in [0.15, 0.2) is 0 Å². The lowest BCUT2D eigenvalue weighted by molar-refractivity contribution is -0.139. The van der Waals surface area contributed by atoms with E-state index in [0.29, 0.717) is 13.0 Å². The molecule has 100 valence electrons. The molecule has 0 aromatic rings. The minimum Gasteiger partial charge on any atom is -0.480 e. The second kappa shape index (κ2) is 5.65. The standard InChI is InChI=1S/C13H20N2O3/c1-2-4-8-7-9(13(16)17)15-12(8)11(14)10-5-3-6-18-10/h2-5,8-12,15H,6-7,14H2,1H3,(H,16,17)/b4-2-/t8-,9-,10+,11?,12?/m1/s1. The average Bonchev–Trinajstić information content (AvgIpc) is 2.97. The number of nitrogens with one attached hydrogen (secondary N) is 1. The minimum absolute atomic E-state index is 0.0601. The van der Waals surface area contributed by atoms with Crippen molar-refractivity contribution in [3.05, 3.63) is 24.3 Å². The van der Waals surface area contributed by atoms with Crippen LogP contribution in [0.25, 0.3) is 0 Å². The van der Waals surface area contributed by atoms with E-state index < -0.39 is 12.0 Å². The van der Waals surface area contributed by atoms with Crippen molar-refractivity contribution in [2.24, 2.45) is 11.7 Å². The van der Waals surface area contributed by atoms with Crippen LogP contribution < -0.4 is 11.1 Å². The van der Waals surface area contributed by atoms with Crippen LogP contribution in [0.4, 0.5) is 0 Å². The Morgan fingerprint density at radius 3 is 3.00 bits per heavy atom. The zero-order valence-corrected chi connectivity index (χ0v) is 10.5. The van der Waals surface area contributed by atoms with Gasteiger partial charge in [-0.05, 0) is 19.3 Å². The van der Waals surface area contributed by atoms with Crippen LogP contribution in [-0.2, 0) is 9.53 Å². The fourth-order valence-corrected chi connectivity index (χ4v) is 2.71. The fourth-order valence-electron chi connectivity index (χ4n) is 2.71. The third-order valence-electron chi connectivity index (χ3n) is 3.61. The van der Waals surface area contributed by atoms with Crippen LogP contribution in [0.1, 0.15) is 13.3 Å². The number of rotatable bonds is 4. The molecule has 0 radical (unpaired) electrons. The summed E-state index contributed by atoms with van der Waals surface area (Å²) in [5, 5.41) is 12.2. The van der Waals surface area contributed by atoms with Crippen molar-refractivity contribution in [3.63, 3.8) is 0 Å². The summed E-state index contributed by atoms with van der Waals surface area (Å²) >= 11 is 0. The maximum absolute atomic E-state index is 11.1. The molecule has 2 rings (SSSR count). The van der Waals surface area contributed by atoms with Gasteiger partial charge in [-0.2, -0.15) is 0 Å². The molecule has 18 heavy (non-hydrogen) atoms. The third-order valence-corrected chi connectivity index (χ3v) is 3.61. The van der Waals surface area contributed by atoms with Gasteiger partial charge in [-0.3, -0.25) is 10.1 Å². The van der Waals surface area contributed by atoms with Crippen LogP contribution in [0.5, 0.6) is 0 Å². The monoisotopic (exact) mass is 252 g/mol. The van der Waals surface area contributed by atoms with Gasteiger partial charge in [0.05, 0.1) is 18.8 Å². The van der Waals surface area contributed by atoms with Crippen LogP contribution in [-0.4, -0.2) is 41.9 Å². The van der Waals surface area contributed by atoms with Crippen molar-refractivity contribution in [2.75, 3.05) is 6.61 Å². The topological polar surface area (TPSA) is 84.6 Å². The van der Waals surface area contributed by atoms with E-state index in [2.05, 4.69) is 5.32 Å². The molecule has 0 saturated carbocycles. The van der Waals surface area contributed by atoms with Crippen molar-refractivity contribution in [1.82, 2.24) is 5.32 Å². The van der Waals surface area contributed by atoms with Gasteiger partial charge >= 0.3 is 5.97 Å². The van der Waals surface area contributed by atoms with E-state index in [1.165, 1.54) is 0 Å². The van der Waals surface area contributed by atoms with E-state index in [-0.39, 0.29) is 24.1 Å². The van der Waals surface area contributed by atoms with Crippen LogP contribution in [0.2, 0.25) is 0 Å². The molecule has 5 heteroatoms. The second-order valence-corrected chi connectivity index (χ2v) is 4.81. The molecular weight excluding hydrogens is 232 g/mol. The summed E-state index contributed by atoms with van der Waals surface area (Å²) in [5.74, 6) is -0.675. The number of carboxylic acids is 1. The second-order valence-electron chi connectivity index (χ2n) is 4.81. The van der Waals surface area contributed by atoms with Gasteiger partial charge in [0, 0.05) is 6.04 Å². The first kappa shape index (κ1) is 13.3. The Morgan fingerprint density at radius 2 is 2.44 bits per heavy atom. The molecule has 0 aromatic heterocycles.